The van der Waals surface area contributed by atoms with Gasteiger partial charge < -0.3 is 9.47 Å². The van der Waals surface area contributed by atoms with E-state index in [4.69, 9.17) is 4.74 Å². The first-order valence-electron chi connectivity index (χ1n) is 3.10. The van der Waals surface area contributed by atoms with Gasteiger partial charge >= 0.3 is 0 Å². The van der Waals surface area contributed by atoms with Gasteiger partial charge in [-0.2, -0.15) is 0 Å². The predicted molar refractivity (Wildman–Crippen MR) is 35.2 cm³/mol. The molecule has 0 aromatic rings. The molecule has 0 fully saturated rings. The van der Waals surface area contributed by atoms with Gasteiger partial charge in [0.15, 0.2) is 13.7 Å². The highest BCUT2D eigenvalue weighted by molar-refractivity contribution is 4.07. The molecule has 10 heavy (non-hydrogen) atoms. The van der Waals surface area contributed by atoms with Gasteiger partial charge in [0, 0.05) is 13.2 Å². The van der Waals surface area contributed by atoms with E-state index in [1.165, 1.54) is 0 Å². The van der Waals surface area contributed by atoms with E-state index in [9.17, 15) is 8.78 Å². The summed E-state index contributed by atoms with van der Waals surface area (Å²) in [6.07, 6.45) is 0. The van der Waals surface area contributed by atoms with E-state index in [2.05, 4.69) is 4.74 Å². The lowest BCUT2D eigenvalue weighted by atomic mass is 10.8. The lowest BCUT2D eigenvalue weighted by Gasteiger charge is -1.86. The minimum absolute atomic E-state index is 0.844. The predicted octanol–water partition coefficient (Wildman–Crippen LogP) is 1.90. The van der Waals surface area contributed by atoms with Crippen molar-refractivity contribution in [3.05, 3.63) is 0 Å². The highest BCUT2D eigenvalue weighted by Crippen LogP contribution is 1.71. The van der Waals surface area contributed by atoms with Crippen LogP contribution in [0.5, 0.6) is 0 Å². The van der Waals surface area contributed by atoms with Gasteiger partial charge in [-0.05, 0) is 13.8 Å². The zero-order valence-electron chi connectivity index (χ0n) is 6.40. The molecule has 0 atom stereocenters. The fourth-order valence-electron chi connectivity index (χ4n) is 0.233. The number of hydrogen-bond donors (Lipinski definition) is 0. The highest BCUT2D eigenvalue weighted by Gasteiger charge is 1.70. The molecule has 0 aromatic heterocycles. The van der Waals surface area contributed by atoms with Crippen LogP contribution >= 0.6 is 0 Å². The normalized spacial score (nSPS) is 8.40. The van der Waals surface area contributed by atoms with Crippen LogP contribution in [0.1, 0.15) is 13.8 Å². The lowest BCUT2D eigenvalue weighted by Crippen LogP contribution is -1.84. The molecule has 0 aromatic carbocycles. The molecule has 0 aliphatic rings. The minimum atomic E-state index is -1.03. The molecule has 2 nitrogen and oxygen atoms in total. The van der Waals surface area contributed by atoms with Crippen molar-refractivity contribution in [1.29, 1.82) is 0 Å². The van der Waals surface area contributed by atoms with Crippen molar-refractivity contribution in [2.75, 3.05) is 26.9 Å². The Labute approximate surface area is 60.1 Å². The van der Waals surface area contributed by atoms with Crippen LogP contribution in [0.3, 0.4) is 0 Å². The second-order valence-corrected chi connectivity index (χ2v) is 1.20. The maximum Gasteiger partial charge on any atom is 0.191 e. The molecular formula is C6H14F2O2. The van der Waals surface area contributed by atoms with E-state index < -0.39 is 13.7 Å². The summed E-state index contributed by atoms with van der Waals surface area (Å²) < 4.78 is 29.4. The topological polar surface area (TPSA) is 18.5 Å². The van der Waals surface area contributed by atoms with Crippen LogP contribution < -0.4 is 0 Å². The Bertz CT molecular complexity index is 34.7. The number of rotatable bonds is 4. The summed E-state index contributed by atoms with van der Waals surface area (Å²) in [5, 5.41) is 0. The van der Waals surface area contributed by atoms with Crippen molar-refractivity contribution >= 4 is 0 Å². The third-order valence-electron chi connectivity index (χ3n) is 0.563. The van der Waals surface area contributed by atoms with E-state index in [1.807, 2.05) is 13.8 Å². The number of alkyl halides is 2. The molecule has 0 aliphatic carbocycles. The maximum absolute atomic E-state index is 10.5. The van der Waals surface area contributed by atoms with Crippen LogP contribution in [0.2, 0.25) is 0 Å². The molecule has 0 saturated heterocycles. The Morgan fingerprint density at radius 3 is 1.30 bits per heavy atom. The van der Waals surface area contributed by atoms with Crippen LogP contribution in [0.15, 0.2) is 0 Å². The second-order valence-electron chi connectivity index (χ2n) is 1.20. The average molecular weight is 156 g/mol. The third kappa shape index (κ3) is 25.0. The van der Waals surface area contributed by atoms with Gasteiger partial charge in [0.25, 0.3) is 0 Å². The summed E-state index contributed by atoms with van der Waals surface area (Å²) in [6.45, 7) is 3.60. The lowest BCUT2D eigenvalue weighted by molar-refractivity contribution is 0.00298. The van der Waals surface area contributed by atoms with Crippen molar-refractivity contribution in [3.8, 4) is 0 Å². The SMILES string of the molecule is CCOCC.FCOCF. The fourth-order valence-corrected chi connectivity index (χ4v) is 0.233. The number of ether oxygens (including phenoxy) is 2. The van der Waals surface area contributed by atoms with Crippen molar-refractivity contribution in [2.24, 2.45) is 0 Å². The first kappa shape index (κ1) is 12.5. The highest BCUT2D eigenvalue weighted by atomic mass is 19.2. The zero-order chi connectivity index (χ0) is 8.24. The average Bonchev–Trinajstić information content (AvgIpc) is 1.93. The molecule has 0 N–H and O–H groups in total. The first-order valence-corrected chi connectivity index (χ1v) is 3.10. The van der Waals surface area contributed by atoms with Gasteiger partial charge in [0.2, 0.25) is 0 Å². The molecule has 64 valence electrons. The zero-order valence-corrected chi connectivity index (χ0v) is 6.40. The van der Waals surface area contributed by atoms with Crippen molar-refractivity contribution in [1.82, 2.24) is 0 Å². The minimum Gasteiger partial charge on any atom is -0.382 e. The van der Waals surface area contributed by atoms with E-state index in [1.54, 1.807) is 0 Å². The molecule has 0 radical (unpaired) electrons. The Balaban J connectivity index is 0. The van der Waals surface area contributed by atoms with E-state index in [-0.39, 0.29) is 0 Å². The molecule has 0 aliphatic heterocycles. The Hall–Kier alpha value is -0.220. The molecule has 0 bridgehead atoms. The number of hydrogen-bond acceptors (Lipinski definition) is 2. The largest absolute Gasteiger partial charge is 0.382 e. The first-order chi connectivity index (χ1) is 4.83. The summed E-state index contributed by atoms with van der Waals surface area (Å²) >= 11 is 0. The number of halogens is 2. The van der Waals surface area contributed by atoms with Crippen molar-refractivity contribution in [2.45, 2.75) is 13.8 Å². The van der Waals surface area contributed by atoms with Gasteiger partial charge in [-0.15, -0.1) is 0 Å². The smallest absolute Gasteiger partial charge is 0.191 e. The van der Waals surface area contributed by atoms with Crippen LogP contribution in [-0.4, -0.2) is 26.9 Å². The quantitative estimate of drug-likeness (QED) is 0.619. The van der Waals surface area contributed by atoms with Gasteiger partial charge in [0.1, 0.15) is 0 Å². The van der Waals surface area contributed by atoms with E-state index in [0.717, 1.165) is 13.2 Å². The van der Waals surface area contributed by atoms with Crippen molar-refractivity contribution < 1.29 is 18.3 Å². The van der Waals surface area contributed by atoms with E-state index >= 15 is 0 Å². The standard InChI is InChI=1S/C4H10O.C2H4F2O/c1-3-5-4-2;3-1-5-2-4/h3-4H2,1-2H3;1-2H2. The molecular weight excluding hydrogens is 142 g/mol. The Kier molecular flexibility index (Phi) is 19.8. The van der Waals surface area contributed by atoms with Gasteiger partial charge in [-0.3, -0.25) is 0 Å². The van der Waals surface area contributed by atoms with Crippen LogP contribution in [0.4, 0.5) is 8.78 Å². The Morgan fingerprint density at radius 2 is 1.30 bits per heavy atom. The molecule has 0 spiro atoms. The third-order valence-corrected chi connectivity index (χ3v) is 0.563. The second kappa shape index (κ2) is 15.9. The Morgan fingerprint density at radius 1 is 0.900 bits per heavy atom. The van der Waals surface area contributed by atoms with Gasteiger partial charge in [-0.25, -0.2) is 8.78 Å². The molecule has 0 amide bonds. The summed E-state index contributed by atoms with van der Waals surface area (Å²) in [4.78, 5) is 0. The van der Waals surface area contributed by atoms with Crippen LogP contribution in [-0.2, 0) is 9.47 Å². The van der Waals surface area contributed by atoms with E-state index in [0.29, 0.717) is 0 Å². The summed E-state index contributed by atoms with van der Waals surface area (Å²) in [6, 6.07) is 0. The molecule has 0 heterocycles. The molecule has 0 saturated carbocycles. The van der Waals surface area contributed by atoms with Crippen LogP contribution in [0.25, 0.3) is 0 Å². The maximum atomic E-state index is 10.5. The summed E-state index contributed by atoms with van der Waals surface area (Å²) in [5.74, 6) is 0. The monoisotopic (exact) mass is 156 g/mol. The van der Waals surface area contributed by atoms with Crippen LogP contribution in [0, 0.1) is 0 Å². The molecule has 0 unspecified atom stereocenters. The van der Waals surface area contributed by atoms with Gasteiger partial charge in [-0.1, -0.05) is 0 Å². The van der Waals surface area contributed by atoms with Gasteiger partial charge in [0.05, 0.1) is 0 Å². The fraction of sp³-hybridized carbons (Fsp3) is 1.00. The molecule has 4 heteroatoms. The summed E-state index contributed by atoms with van der Waals surface area (Å²) in [5.41, 5.74) is 0. The van der Waals surface area contributed by atoms with Crippen molar-refractivity contribution in [3.63, 3.8) is 0 Å². The molecule has 0 rings (SSSR count). The summed E-state index contributed by atoms with van der Waals surface area (Å²) in [7, 11) is 0.